The fourth-order valence-electron chi connectivity index (χ4n) is 1.19. The summed E-state index contributed by atoms with van der Waals surface area (Å²) < 4.78 is 27.6. The summed E-state index contributed by atoms with van der Waals surface area (Å²) in [6.07, 6.45) is 0.0593. The zero-order valence-corrected chi connectivity index (χ0v) is 9.84. The molecule has 0 aliphatic carbocycles. The number of hydrogen-bond acceptors (Lipinski definition) is 3. The van der Waals surface area contributed by atoms with Crippen LogP contribution in [0.2, 0.25) is 0 Å². The first-order chi connectivity index (χ1) is 6.80. The number of nitrogens with two attached hydrogens (primary N) is 1. The fraction of sp³-hybridized carbons (Fsp3) is 0.400. The Hall–Kier alpha value is -1.07. The van der Waals surface area contributed by atoms with Crippen molar-refractivity contribution >= 4 is 10.0 Å². The second kappa shape index (κ2) is 4.20. The van der Waals surface area contributed by atoms with Gasteiger partial charge in [0.1, 0.15) is 5.75 Å². The van der Waals surface area contributed by atoms with Gasteiger partial charge in [-0.25, -0.2) is 13.6 Å². The minimum Gasteiger partial charge on any atom is -0.491 e. The van der Waals surface area contributed by atoms with E-state index in [9.17, 15) is 8.42 Å². The smallest absolute Gasteiger partial charge is 0.238 e. The van der Waals surface area contributed by atoms with Gasteiger partial charge in [0.25, 0.3) is 0 Å². The highest BCUT2D eigenvalue weighted by Crippen LogP contribution is 2.21. The third-order valence-electron chi connectivity index (χ3n) is 1.84. The van der Waals surface area contributed by atoms with E-state index in [1.165, 1.54) is 12.1 Å². The third-order valence-corrected chi connectivity index (χ3v) is 2.75. The molecule has 84 valence electrons. The monoisotopic (exact) mass is 229 g/mol. The standard InChI is InChI=1S/C10H15NO3S/c1-7(2)14-10-5-4-9(6-8(10)3)15(11,12)13/h4-7H,1-3H3,(H2,11,12,13). The van der Waals surface area contributed by atoms with Crippen molar-refractivity contribution in [3.8, 4) is 5.75 Å². The van der Waals surface area contributed by atoms with Gasteiger partial charge in [-0.15, -0.1) is 0 Å². The first-order valence-corrected chi connectivity index (χ1v) is 6.15. The number of hydrogen-bond donors (Lipinski definition) is 1. The number of sulfonamides is 1. The Labute approximate surface area is 90.1 Å². The molecule has 0 bridgehead atoms. The molecule has 1 rings (SSSR count). The van der Waals surface area contributed by atoms with Crippen LogP contribution in [-0.4, -0.2) is 14.5 Å². The van der Waals surface area contributed by atoms with Gasteiger partial charge in [-0.05, 0) is 44.5 Å². The summed E-state index contributed by atoms with van der Waals surface area (Å²) in [6, 6.07) is 4.57. The topological polar surface area (TPSA) is 69.4 Å². The van der Waals surface area contributed by atoms with Crippen LogP contribution in [0.4, 0.5) is 0 Å². The van der Waals surface area contributed by atoms with Crippen LogP contribution in [-0.2, 0) is 10.0 Å². The quantitative estimate of drug-likeness (QED) is 0.852. The lowest BCUT2D eigenvalue weighted by molar-refractivity contribution is 0.240. The molecule has 0 amide bonds. The Kier molecular flexibility index (Phi) is 3.36. The fourth-order valence-corrected chi connectivity index (χ4v) is 1.78. The van der Waals surface area contributed by atoms with E-state index >= 15 is 0 Å². The van der Waals surface area contributed by atoms with Crippen molar-refractivity contribution in [2.24, 2.45) is 5.14 Å². The van der Waals surface area contributed by atoms with Gasteiger partial charge in [-0.2, -0.15) is 0 Å². The van der Waals surface area contributed by atoms with Crippen LogP contribution in [0.1, 0.15) is 19.4 Å². The van der Waals surface area contributed by atoms with Crippen molar-refractivity contribution < 1.29 is 13.2 Å². The highest BCUT2D eigenvalue weighted by Gasteiger charge is 2.10. The van der Waals surface area contributed by atoms with Gasteiger partial charge in [0, 0.05) is 0 Å². The number of primary sulfonamides is 1. The molecular weight excluding hydrogens is 214 g/mol. The summed E-state index contributed by atoms with van der Waals surface area (Å²) >= 11 is 0. The molecule has 0 saturated carbocycles. The second-order valence-corrected chi connectivity index (χ2v) is 5.20. The lowest BCUT2D eigenvalue weighted by Crippen LogP contribution is -2.13. The molecule has 0 aliphatic rings. The molecular formula is C10H15NO3S. The lowest BCUT2D eigenvalue weighted by atomic mass is 10.2. The van der Waals surface area contributed by atoms with Crippen molar-refractivity contribution in [2.45, 2.75) is 31.8 Å². The molecule has 0 saturated heterocycles. The summed E-state index contributed by atoms with van der Waals surface area (Å²) in [5.41, 5.74) is 0.759. The normalized spacial score (nSPS) is 11.8. The van der Waals surface area contributed by atoms with Gasteiger partial charge >= 0.3 is 0 Å². The summed E-state index contributed by atoms with van der Waals surface area (Å²) in [6.45, 7) is 5.60. The third kappa shape index (κ3) is 3.21. The molecule has 2 N–H and O–H groups in total. The van der Waals surface area contributed by atoms with Crippen molar-refractivity contribution in [3.63, 3.8) is 0 Å². The lowest BCUT2D eigenvalue weighted by Gasteiger charge is -2.12. The predicted octanol–water partition coefficient (Wildman–Crippen LogP) is 1.43. The van der Waals surface area contributed by atoms with E-state index in [1.807, 2.05) is 13.8 Å². The van der Waals surface area contributed by atoms with Gasteiger partial charge in [0.05, 0.1) is 11.0 Å². The van der Waals surface area contributed by atoms with E-state index in [2.05, 4.69) is 0 Å². The van der Waals surface area contributed by atoms with Gasteiger partial charge in [-0.3, -0.25) is 0 Å². The van der Waals surface area contributed by atoms with E-state index in [4.69, 9.17) is 9.88 Å². The Morgan fingerprint density at radius 1 is 1.33 bits per heavy atom. The molecule has 1 aromatic rings. The molecule has 5 heteroatoms. The van der Waals surface area contributed by atoms with Crippen molar-refractivity contribution in [1.29, 1.82) is 0 Å². The van der Waals surface area contributed by atoms with Crippen LogP contribution in [0.5, 0.6) is 5.75 Å². The average molecular weight is 229 g/mol. The maximum absolute atomic E-state index is 11.1. The minimum absolute atomic E-state index is 0.0593. The molecule has 0 fully saturated rings. The van der Waals surface area contributed by atoms with Gasteiger partial charge in [-0.1, -0.05) is 0 Å². The first-order valence-electron chi connectivity index (χ1n) is 4.61. The molecule has 15 heavy (non-hydrogen) atoms. The molecule has 0 unspecified atom stereocenters. The highest BCUT2D eigenvalue weighted by molar-refractivity contribution is 7.89. The summed E-state index contributed by atoms with van der Waals surface area (Å²) in [7, 11) is -3.63. The second-order valence-electron chi connectivity index (χ2n) is 3.64. The molecule has 0 spiro atoms. The molecule has 0 aliphatic heterocycles. The van der Waals surface area contributed by atoms with Gasteiger partial charge < -0.3 is 4.74 Å². The Balaban J connectivity index is 3.09. The maximum atomic E-state index is 11.1. The van der Waals surface area contributed by atoms with Crippen molar-refractivity contribution in [1.82, 2.24) is 0 Å². The summed E-state index contributed by atoms with van der Waals surface area (Å²) in [5.74, 6) is 0.678. The van der Waals surface area contributed by atoms with E-state index < -0.39 is 10.0 Å². The summed E-state index contributed by atoms with van der Waals surface area (Å²) in [4.78, 5) is 0.108. The first kappa shape index (κ1) is 12.0. The minimum atomic E-state index is -3.63. The van der Waals surface area contributed by atoms with Crippen LogP contribution in [0, 0.1) is 6.92 Å². The maximum Gasteiger partial charge on any atom is 0.238 e. The van der Waals surface area contributed by atoms with Gasteiger partial charge in [0.2, 0.25) is 10.0 Å². The van der Waals surface area contributed by atoms with E-state index in [0.717, 1.165) is 5.56 Å². The van der Waals surface area contributed by atoms with Crippen molar-refractivity contribution in [3.05, 3.63) is 23.8 Å². The number of aryl methyl sites for hydroxylation is 1. The van der Waals surface area contributed by atoms with Crippen LogP contribution in [0.25, 0.3) is 0 Å². The van der Waals surface area contributed by atoms with Gasteiger partial charge in [0.15, 0.2) is 0 Å². The van der Waals surface area contributed by atoms with Crippen molar-refractivity contribution in [2.75, 3.05) is 0 Å². The molecule has 0 heterocycles. The highest BCUT2D eigenvalue weighted by atomic mass is 32.2. The van der Waals surface area contributed by atoms with E-state index in [-0.39, 0.29) is 11.0 Å². The predicted molar refractivity (Wildman–Crippen MR) is 58.3 cm³/mol. The largest absolute Gasteiger partial charge is 0.491 e. The Morgan fingerprint density at radius 2 is 1.93 bits per heavy atom. The number of ether oxygens (including phenoxy) is 1. The molecule has 0 atom stereocenters. The zero-order chi connectivity index (χ0) is 11.6. The van der Waals surface area contributed by atoms with E-state index in [0.29, 0.717) is 5.75 Å². The molecule has 1 aromatic carbocycles. The molecule has 4 nitrogen and oxygen atoms in total. The van der Waals surface area contributed by atoms with Crippen LogP contribution in [0.15, 0.2) is 23.1 Å². The zero-order valence-electron chi connectivity index (χ0n) is 9.02. The SMILES string of the molecule is Cc1cc(S(N)(=O)=O)ccc1OC(C)C. The Morgan fingerprint density at radius 3 is 2.33 bits per heavy atom. The number of benzene rings is 1. The van der Waals surface area contributed by atoms with E-state index in [1.54, 1.807) is 13.0 Å². The summed E-state index contributed by atoms with van der Waals surface area (Å²) in [5, 5.41) is 5.01. The molecule has 0 aromatic heterocycles. The van der Waals surface area contributed by atoms with Crippen LogP contribution < -0.4 is 9.88 Å². The number of rotatable bonds is 3. The average Bonchev–Trinajstić information content (AvgIpc) is 2.05. The Bertz CT molecular complexity index is 452. The van der Waals surface area contributed by atoms with Crippen LogP contribution >= 0.6 is 0 Å². The molecule has 0 radical (unpaired) electrons. The van der Waals surface area contributed by atoms with Crippen LogP contribution in [0.3, 0.4) is 0 Å².